The van der Waals surface area contributed by atoms with Gasteiger partial charge in [0.15, 0.2) is 0 Å². The molecule has 0 N–H and O–H groups in total. The molecule has 0 aliphatic heterocycles. The Balaban J connectivity index is 2.02. The van der Waals surface area contributed by atoms with E-state index < -0.39 is 0 Å². The number of nitrogens with zero attached hydrogens (tertiary/aromatic N) is 3. The summed E-state index contributed by atoms with van der Waals surface area (Å²) in [6.07, 6.45) is 3.26. The fourth-order valence-corrected chi connectivity index (χ4v) is 2.89. The van der Waals surface area contributed by atoms with Crippen LogP contribution in [0.5, 0.6) is 5.88 Å². The third kappa shape index (κ3) is 2.30. The van der Waals surface area contributed by atoms with E-state index in [1.807, 2.05) is 25.1 Å². The number of thiophene rings is 1. The zero-order chi connectivity index (χ0) is 14.1. The molecule has 0 saturated carbocycles. The summed E-state index contributed by atoms with van der Waals surface area (Å²) in [6.45, 7) is 2.43. The zero-order valence-corrected chi connectivity index (χ0v) is 12.0. The molecule has 0 spiro atoms. The van der Waals surface area contributed by atoms with Gasteiger partial charge in [-0.25, -0.2) is 9.97 Å². The number of hydrogen-bond acceptors (Lipinski definition) is 5. The van der Waals surface area contributed by atoms with Gasteiger partial charge < -0.3 is 4.74 Å². The van der Waals surface area contributed by atoms with Crippen LogP contribution in [-0.2, 0) is 6.54 Å². The van der Waals surface area contributed by atoms with Crippen LogP contribution >= 0.6 is 11.3 Å². The number of methoxy groups -OCH3 is 1. The lowest BCUT2D eigenvalue weighted by Gasteiger charge is -2.06. The molecule has 6 heteroatoms. The maximum Gasteiger partial charge on any atom is 0.262 e. The largest absolute Gasteiger partial charge is 0.481 e. The number of hydrogen-bond donors (Lipinski definition) is 0. The SMILES string of the molecule is COc1cc(Cn2cnc3sc(C)cc3c2=O)ccn1. The molecule has 3 heterocycles. The van der Waals surface area contributed by atoms with Crippen molar-refractivity contribution in [2.45, 2.75) is 13.5 Å². The minimum Gasteiger partial charge on any atom is -0.481 e. The van der Waals surface area contributed by atoms with Gasteiger partial charge in [0, 0.05) is 17.1 Å². The first-order valence-electron chi connectivity index (χ1n) is 6.12. The Labute approximate surface area is 119 Å². The van der Waals surface area contributed by atoms with Gasteiger partial charge in [-0.3, -0.25) is 9.36 Å². The van der Waals surface area contributed by atoms with Gasteiger partial charge in [-0.1, -0.05) is 0 Å². The maximum atomic E-state index is 12.4. The first kappa shape index (κ1) is 12.8. The molecule has 3 aromatic rings. The lowest BCUT2D eigenvalue weighted by Crippen LogP contribution is -2.20. The highest BCUT2D eigenvalue weighted by Crippen LogP contribution is 2.19. The van der Waals surface area contributed by atoms with E-state index in [9.17, 15) is 4.79 Å². The summed E-state index contributed by atoms with van der Waals surface area (Å²) in [5, 5.41) is 0.677. The van der Waals surface area contributed by atoms with Crippen LogP contribution in [0.25, 0.3) is 10.2 Å². The molecular formula is C14H13N3O2S. The van der Waals surface area contributed by atoms with Gasteiger partial charge in [-0.2, -0.15) is 0 Å². The normalized spacial score (nSPS) is 10.9. The van der Waals surface area contributed by atoms with E-state index in [-0.39, 0.29) is 5.56 Å². The molecule has 0 saturated heterocycles. The second-order valence-corrected chi connectivity index (χ2v) is 5.69. The van der Waals surface area contributed by atoms with Gasteiger partial charge in [-0.05, 0) is 24.6 Å². The van der Waals surface area contributed by atoms with Crippen LogP contribution in [0.1, 0.15) is 10.4 Å². The minimum absolute atomic E-state index is 0.0184. The molecule has 0 unspecified atom stereocenters. The van der Waals surface area contributed by atoms with Gasteiger partial charge in [0.2, 0.25) is 5.88 Å². The fourth-order valence-electron chi connectivity index (χ4n) is 2.05. The topological polar surface area (TPSA) is 57.0 Å². The van der Waals surface area contributed by atoms with Gasteiger partial charge in [0.25, 0.3) is 5.56 Å². The molecule has 0 bridgehead atoms. The van der Waals surface area contributed by atoms with Crippen LogP contribution in [0.4, 0.5) is 0 Å². The second kappa shape index (κ2) is 5.05. The van der Waals surface area contributed by atoms with Crippen molar-refractivity contribution < 1.29 is 4.74 Å². The van der Waals surface area contributed by atoms with Crippen molar-refractivity contribution in [1.29, 1.82) is 0 Å². The highest BCUT2D eigenvalue weighted by molar-refractivity contribution is 7.18. The van der Waals surface area contributed by atoms with Gasteiger partial charge in [0.05, 0.1) is 25.4 Å². The van der Waals surface area contributed by atoms with Crippen molar-refractivity contribution in [3.05, 3.63) is 51.5 Å². The standard InChI is InChI=1S/C14H13N3O2S/c1-9-5-11-13(20-9)16-8-17(14(11)18)7-10-3-4-15-12(6-10)19-2/h3-6,8H,7H2,1-2H3. The van der Waals surface area contributed by atoms with E-state index in [4.69, 9.17) is 4.74 Å². The summed E-state index contributed by atoms with van der Waals surface area (Å²) in [7, 11) is 1.57. The summed E-state index contributed by atoms with van der Waals surface area (Å²) >= 11 is 1.53. The third-order valence-electron chi connectivity index (χ3n) is 3.00. The Hall–Kier alpha value is -2.21. The Kier molecular flexibility index (Phi) is 3.23. The van der Waals surface area contributed by atoms with Crippen molar-refractivity contribution in [2.24, 2.45) is 0 Å². The number of aryl methyl sites for hydroxylation is 1. The lowest BCUT2D eigenvalue weighted by molar-refractivity contribution is 0.397. The van der Waals surface area contributed by atoms with E-state index in [1.54, 1.807) is 24.2 Å². The van der Waals surface area contributed by atoms with E-state index >= 15 is 0 Å². The van der Waals surface area contributed by atoms with Crippen LogP contribution in [0.2, 0.25) is 0 Å². The molecule has 5 nitrogen and oxygen atoms in total. The Morgan fingerprint density at radius 2 is 2.20 bits per heavy atom. The molecule has 20 heavy (non-hydrogen) atoms. The predicted molar refractivity (Wildman–Crippen MR) is 78.5 cm³/mol. The van der Waals surface area contributed by atoms with Gasteiger partial charge >= 0.3 is 0 Å². The van der Waals surface area contributed by atoms with Crippen molar-refractivity contribution >= 4 is 21.6 Å². The summed E-state index contributed by atoms with van der Waals surface area (Å²) in [6, 6.07) is 5.56. The monoisotopic (exact) mass is 287 g/mol. The third-order valence-corrected chi connectivity index (χ3v) is 3.96. The molecule has 3 aromatic heterocycles. The first-order chi connectivity index (χ1) is 9.67. The van der Waals surface area contributed by atoms with Crippen LogP contribution in [0.15, 0.2) is 35.5 Å². The van der Waals surface area contributed by atoms with E-state index in [1.165, 1.54) is 11.3 Å². The highest BCUT2D eigenvalue weighted by atomic mass is 32.1. The smallest absolute Gasteiger partial charge is 0.262 e. The van der Waals surface area contributed by atoms with Crippen molar-refractivity contribution in [3.63, 3.8) is 0 Å². The number of rotatable bonds is 3. The molecule has 0 radical (unpaired) electrons. The molecule has 0 aliphatic carbocycles. The summed E-state index contributed by atoms with van der Waals surface area (Å²) in [5.41, 5.74) is 0.933. The maximum absolute atomic E-state index is 12.4. The first-order valence-corrected chi connectivity index (χ1v) is 6.93. The quantitative estimate of drug-likeness (QED) is 0.741. The fraction of sp³-hybridized carbons (Fsp3) is 0.214. The van der Waals surface area contributed by atoms with Crippen LogP contribution in [0.3, 0.4) is 0 Å². The van der Waals surface area contributed by atoms with E-state index in [0.29, 0.717) is 17.8 Å². The van der Waals surface area contributed by atoms with Crippen LogP contribution < -0.4 is 10.3 Å². The number of aromatic nitrogens is 3. The molecule has 3 rings (SSSR count). The van der Waals surface area contributed by atoms with E-state index in [2.05, 4.69) is 9.97 Å². The molecule has 102 valence electrons. The Bertz CT molecular complexity index is 823. The molecule has 0 fully saturated rings. The second-order valence-electron chi connectivity index (χ2n) is 4.46. The number of fused-ring (bicyclic) bond motifs is 1. The average molecular weight is 287 g/mol. The van der Waals surface area contributed by atoms with E-state index in [0.717, 1.165) is 15.3 Å². The summed E-state index contributed by atoms with van der Waals surface area (Å²) < 4.78 is 6.68. The average Bonchev–Trinajstić information content (AvgIpc) is 2.84. The summed E-state index contributed by atoms with van der Waals surface area (Å²) in [4.78, 5) is 22.6. The number of pyridine rings is 1. The Morgan fingerprint density at radius 1 is 1.35 bits per heavy atom. The van der Waals surface area contributed by atoms with Crippen LogP contribution in [0, 0.1) is 6.92 Å². The Morgan fingerprint density at radius 3 is 3.00 bits per heavy atom. The van der Waals surface area contributed by atoms with Crippen LogP contribution in [-0.4, -0.2) is 21.6 Å². The molecular weight excluding hydrogens is 274 g/mol. The zero-order valence-electron chi connectivity index (χ0n) is 11.2. The minimum atomic E-state index is -0.0184. The molecule has 0 aromatic carbocycles. The van der Waals surface area contributed by atoms with Gasteiger partial charge in [0.1, 0.15) is 4.83 Å². The summed E-state index contributed by atoms with van der Waals surface area (Å²) in [5.74, 6) is 0.538. The molecule has 0 atom stereocenters. The number of ether oxygens (including phenoxy) is 1. The van der Waals surface area contributed by atoms with Gasteiger partial charge in [-0.15, -0.1) is 11.3 Å². The molecule has 0 amide bonds. The van der Waals surface area contributed by atoms with Crippen molar-refractivity contribution in [3.8, 4) is 5.88 Å². The lowest BCUT2D eigenvalue weighted by atomic mass is 10.2. The van der Waals surface area contributed by atoms with Crippen molar-refractivity contribution in [1.82, 2.24) is 14.5 Å². The molecule has 0 aliphatic rings. The highest BCUT2D eigenvalue weighted by Gasteiger charge is 2.08. The van der Waals surface area contributed by atoms with Crippen molar-refractivity contribution in [2.75, 3.05) is 7.11 Å². The predicted octanol–water partition coefficient (Wildman–Crippen LogP) is 2.22.